The topological polar surface area (TPSA) is 92.2 Å². The number of nitrogens with one attached hydrogen (secondary N) is 2. The number of aromatic nitrogens is 4. The zero-order chi connectivity index (χ0) is 15.7. The van der Waals surface area contributed by atoms with Gasteiger partial charge in [-0.25, -0.2) is 4.98 Å². The number of rotatable bonds is 2. The van der Waals surface area contributed by atoms with Gasteiger partial charge in [0.2, 0.25) is 0 Å². The number of aromatic amines is 1. The van der Waals surface area contributed by atoms with Crippen molar-refractivity contribution in [3.8, 4) is 0 Å². The molecule has 2 N–H and O–H groups in total. The standard InChI is InChI=1S/C15H21N5O2/c1-10-17-14-16-9-11(13(22)20(14)19-10)12(21)18-15(2)7-5-3-4-6-8-15/h9H,3-8H2,1-2H3,(H,18,21)(H,16,17,19). The zero-order valence-corrected chi connectivity index (χ0v) is 13.0. The third-order valence-electron chi connectivity index (χ3n) is 4.35. The summed E-state index contributed by atoms with van der Waals surface area (Å²) in [6.07, 6.45) is 7.81. The fourth-order valence-corrected chi connectivity index (χ4v) is 3.09. The van der Waals surface area contributed by atoms with E-state index in [2.05, 4.69) is 27.3 Å². The van der Waals surface area contributed by atoms with Gasteiger partial charge in [-0.15, -0.1) is 0 Å². The van der Waals surface area contributed by atoms with Crippen LogP contribution in [0.3, 0.4) is 0 Å². The predicted octanol–water partition coefficient (Wildman–Crippen LogP) is 1.57. The van der Waals surface area contributed by atoms with Crippen LogP contribution in [0.15, 0.2) is 11.0 Å². The highest BCUT2D eigenvalue weighted by Crippen LogP contribution is 2.26. The van der Waals surface area contributed by atoms with E-state index in [-0.39, 0.29) is 22.8 Å². The van der Waals surface area contributed by atoms with E-state index >= 15 is 0 Å². The van der Waals surface area contributed by atoms with Gasteiger partial charge in [-0.05, 0) is 26.7 Å². The molecule has 0 saturated heterocycles. The van der Waals surface area contributed by atoms with Gasteiger partial charge in [-0.1, -0.05) is 25.7 Å². The molecule has 2 aromatic heterocycles. The lowest BCUT2D eigenvalue weighted by molar-refractivity contribution is 0.0895. The third-order valence-corrected chi connectivity index (χ3v) is 4.35. The van der Waals surface area contributed by atoms with Crippen molar-refractivity contribution in [3.05, 3.63) is 27.9 Å². The number of nitrogens with zero attached hydrogens (tertiary/aromatic N) is 3. The van der Waals surface area contributed by atoms with Crippen molar-refractivity contribution in [1.82, 2.24) is 24.9 Å². The molecule has 0 atom stereocenters. The van der Waals surface area contributed by atoms with Gasteiger partial charge in [0.1, 0.15) is 11.4 Å². The van der Waals surface area contributed by atoms with E-state index < -0.39 is 5.56 Å². The summed E-state index contributed by atoms with van der Waals surface area (Å²) in [5.41, 5.74) is -0.615. The maximum absolute atomic E-state index is 12.5. The van der Waals surface area contributed by atoms with Crippen LogP contribution < -0.4 is 10.9 Å². The summed E-state index contributed by atoms with van der Waals surface area (Å²) in [5, 5.41) is 5.83. The second kappa shape index (κ2) is 5.55. The Kier molecular flexibility index (Phi) is 3.72. The summed E-state index contributed by atoms with van der Waals surface area (Å²) < 4.78 is 1.21. The lowest BCUT2D eigenvalue weighted by Gasteiger charge is -2.29. The molecule has 2 heterocycles. The smallest absolute Gasteiger partial charge is 0.286 e. The highest BCUT2D eigenvalue weighted by Gasteiger charge is 2.29. The lowest BCUT2D eigenvalue weighted by atomic mass is 9.92. The normalized spacial score (nSPS) is 18.1. The lowest BCUT2D eigenvalue weighted by Crippen LogP contribution is -2.47. The second-order valence-corrected chi connectivity index (χ2v) is 6.35. The van der Waals surface area contributed by atoms with Gasteiger partial charge in [0.05, 0.1) is 0 Å². The molecular formula is C15H21N5O2. The maximum Gasteiger partial charge on any atom is 0.286 e. The summed E-state index contributed by atoms with van der Waals surface area (Å²) >= 11 is 0. The van der Waals surface area contributed by atoms with E-state index in [9.17, 15) is 9.59 Å². The first-order chi connectivity index (χ1) is 10.5. The minimum Gasteiger partial charge on any atom is -0.347 e. The first kappa shape index (κ1) is 14.7. The molecule has 118 valence electrons. The Morgan fingerprint density at radius 3 is 2.68 bits per heavy atom. The fourth-order valence-electron chi connectivity index (χ4n) is 3.09. The predicted molar refractivity (Wildman–Crippen MR) is 81.9 cm³/mol. The Labute approximate surface area is 128 Å². The molecule has 0 aromatic carbocycles. The third kappa shape index (κ3) is 2.75. The molecule has 0 unspecified atom stereocenters. The number of carbonyl (C=O) groups is 1. The Bertz CT molecular complexity index is 753. The van der Waals surface area contributed by atoms with E-state index in [0.29, 0.717) is 5.82 Å². The van der Waals surface area contributed by atoms with E-state index in [1.54, 1.807) is 6.92 Å². The molecule has 7 nitrogen and oxygen atoms in total. The molecule has 3 rings (SSSR count). The molecule has 7 heteroatoms. The molecule has 1 amide bonds. The highest BCUT2D eigenvalue weighted by atomic mass is 16.2. The molecule has 0 spiro atoms. The van der Waals surface area contributed by atoms with Crippen molar-refractivity contribution in [2.24, 2.45) is 0 Å². The van der Waals surface area contributed by atoms with Crippen LogP contribution >= 0.6 is 0 Å². The van der Waals surface area contributed by atoms with Crippen molar-refractivity contribution in [1.29, 1.82) is 0 Å². The number of amides is 1. The van der Waals surface area contributed by atoms with Gasteiger partial charge in [-0.2, -0.15) is 9.50 Å². The van der Waals surface area contributed by atoms with Crippen molar-refractivity contribution in [3.63, 3.8) is 0 Å². The Hall–Kier alpha value is -2.18. The monoisotopic (exact) mass is 303 g/mol. The van der Waals surface area contributed by atoms with Crippen LogP contribution in [0.1, 0.15) is 61.6 Å². The molecule has 1 aliphatic carbocycles. The van der Waals surface area contributed by atoms with E-state index in [4.69, 9.17) is 0 Å². The zero-order valence-electron chi connectivity index (χ0n) is 13.0. The minimum atomic E-state index is -0.416. The number of aryl methyl sites for hydroxylation is 1. The molecule has 22 heavy (non-hydrogen) atoms. The van der Waals surface area contributed by atoms with Gasteiger partial charge < -0.3 is 5.32 Å². The Morgan fingerprint density at radius 2 is 2.00 bits per heavy atom. The first-order valence-electron chi connectivity index (χ1n) is 7.75. The molecule has 1 saturated carbocycles. The van der Waals surface area contributed by atoms with Crippen LogP contribution in [0.4, 0.5) is 0 Å². The number of hydrogen-bond donors (Lipinski definition) is 2. The number of H-pyrrole nitrogens is 1. The van der Waals surface area contributed by atoms with E-state index in [1.807, 2.05) is 0 Å². The summed E-state index contributed by atoms with van der Waals surface area (Å²) in [4.78, 5) is 33.0. The molecule has 1 aliphatic rings. The SMILES string of the molecule is Cc1nc2ncc(C(=O)NC3(C)CCCCCC3)c(=O)n2[nH]1. The van der Waals surface area contributed by atoms with Gasteiger partial charge in [0.25, 0.3) is 17.2 Å². The largest absolute Gasteiger partial charge is 0.347 e. The molecule has 0 radical (unpaired) electrons. The van der Waals surface area contributed by atoms with Crippen LogP contribution in [0, 0.1) is 6.92 Å². The van der Waals surface area contributed by atoms with Gasteiger partial charge in [-0.3, -0.25) is 14.7 Å². The average molecular weight is 303 g/mol. The average Bonchev–Trinajstić information content (AvgIpc) is 2.71. The Balaban J connectivity index is 1.88. The van der Waals surface area contributed by atoms with Crippen LogP contribution in [0.2, 0.25) is 0 Å². The minimum absolute atomic E-state index is 0.0478. The fraction of sp³-hybridized carbons (Fsp3) is 0.600. The van der Waals surface area contributed by atoms with E-state index in [0.717, 1.165) is 25.7 Å². The van der Waals surface area contributed by atoms with Gasteiger partial charge in [0.15, 0.2) is 0 Å². The quantitative estimate of drug-likeness (QED) is 0.824. The second-order valence-electron chi connectivity index (χ2n) is 6.35. The van der Waals surface area contributed by atoms with Crippen molar-refractivity contribution in [2.75, 3.05) is 0 Å². The summed E-state index contributed by atoms with van der Waals surface area (Å²) in [6, 6.07) is 0. The van der Waals surface area contributed by atoms with Crippen LogP contribution in [-0.2, 0) is 0 Å². The first-order valence-corrected chi connectivity index (χ1v) is 7.75. The molecule has 1 fully saturated rings. The molecular weight excluding hydrogens is 282 g/mol. The van der Waals surface area contributed by atoms with Gasteiger partial charge >= 0.3 is 0 Å². The van der Waals surface area contributed by atoms with Crippen LogP contribution in [0.25, 0.3) is 5.78 Å². The van der Waals surface area contributed by atoms with Crippen LogP contribution in [-0.4, -0.2) is 31.0 Å². The number of hydrogen-bond acceptors (Lipinski definition) is 4. The number of carbonyl (C=O) groups excluding carboxylic acids is 1. The molecule has 2 aromatic rings. The van der Waals surface area contributed by atoms with Crippen molar-refractivity contribution in [2.45, 2.75) is 57.9 Å². The summed E-state index contributed by atoms with van der Waals surface area (Å²) in [7, 11) is 0. The van der Waals surface area contributed by atoms with Gasteiger partial charge in [0, 0.05) is 11.7 Å². The summed E-state index contributed by atoms with van der Waals surface area (Å²) in [5.74, 6) is 0.501. The van der Waals surface area contributed by atoms with Crippen LogP contribution in [0.5, 0.6) is 0 Å². The van der Waals surface area contributed by atoms with Crippen molar-refractivity contribution < 1.29 is 4.79 Å². The summed E-state index contributed by atoms with van der Waals surface area (Å²) in [6.45, 7) is 3.79. The van der Waals surface area contributed by atoms with E-state index in [1.165, 1.54) is 23.6 Å². The highest BCUT2D eigenvalue weighted by molar-refractivity contribution is 5.94. The Morgan fingerprint density at radius 1 is 1.32 bits per heavy atom. The van der Waals surface area contributed by atoms with Crippen molar-refractivity contribution >= 4 is 11.7 Å². The molecule has 0 aliphatic heterocycles. The maximum atomic E-state index is 12.5. The molecule has 0 bridgehead atoms. The number of fused-ring (bicyclic) bond motifs is 1.